The molecule has 5 heterocycles. The van der Waals surface area contributed by atoms with Gasteiger partial charge in [0.15, 0.2) is 0 Å². The molecule has 4 fully saturated rings. The average molecular weight is 884 g/mol. The zero-order valence-electron chi connectivity index (χ0n) is 36.7. The van der Waals surface area contributed by atoms with Crippen LogP contribution in [0.4, 0.5) is 23.7 Å². The Balaban J connectivity index is 0.000000201. The van der Waals surface area contributed by atoms with E-state index in [0.717, 1.165) is 74.9 Å². The SMILES string of the molecule is Cc1cc(C(=O)N2CCCCC2)ccc1C1CN(C(/C=C(\N)c2ccccc2O)=C(N)N)CCC1(F)F.Cc1cn(C2CCN(CCF)CC2)c2ccc(N3CCC(=O)NC3=O)cc12. The molecule has 8 N–H and O–H groups in total. The number of nitrogens with zero attached hydrogens (tertiary/aromatic N) is 5. The Morgan fingerprint density at radius 3 is 2.30 bits per heavy atom. The number of amides is 4. The predicted octanol–water partition coefficient (Wildman–Crippen LogP) is 6.84. The summed E-state index contributed by atoms with van der Waals surface area (Å²) in [7, 11) is 0. The number of nitrogens with two attached hydrogens (primary N) is 3. The second kappa shape index (κ2) is 19.7. The Bertz CT molecular complexity index is 2420. The van der Waals surface area contributed by atoms with E-state index < -0.39 is 18.3 Å². The van der Waals surface area contributed by atoms with Gasteiger partial charge in [-0.1, -0.05) is 18.2 Å². The summed E-state index contributed by atoms with van der Waals surface area (Å²) in [6, 6.07) is 17.7. The van der Waals surface area contributed by atoms with Crippen LogP contribution in [0.5, 0.6) is 5.75 Å². The van der Waals surface area contributed by atoms with E-state index in [1.54, 1.807) is 53.1 Å². The summed E-state index contributed by atoms with van der Waals surface area (Å²) in [5.41, 5.74) is 23.9. The smallest absolute Gasteiger partial charge is 0.328 e. The summed E-state index contributed by atoms with van der Waals surface area (Å²) in [4.78, 5) is 43.8. The number of aromatic nitrogens is 1. The molecule has 0 bridgehead atoms. The molecule has 4 aromatic rings. The first kappa shape index (κ1) is 45.9. The number of hydrogen-bond donors (Lipinski definition) is 5. The molecule has 342 valence electrons. The molecule has 8 rings (SSSR count). The molecule has 1 atom stereocenters. The number of nitrogens with one attached hydrogen (secondary N) is 1. The maximum atomic E-state index is 15.2. The van der Waals surface area contributed by atoms with Crippen molar-refractivity contribution in [3.63, 3.8) is 0 Å². The fraction of sp³-hybridized carbons (Fsp3) is 0.438. The third-order valence-corrected chi connectivity index (χ3v) is 13.0. The number of urea groups is 1. The minimum atomic E-state index is -2.96. The highest BCUT2D eigenvalue weighted by molar-refractivity contribution is 6.06. The maximum Gasteiger partial charge on any atom is 0.328 e. The highest BCUT2D eigenvalue weighted by Gasteiger charge is 2.46. The van der Waals surface area contributed by atoms with Gasteiger partial charge in [0.05, 0.1) is 11.6 Å². The summed E-state index contributed by atoms with van der Waals surface area (Å²) in [5, 5.41) is 13.6. The van der Waals surface area contributed by atoms with Crippen molar-refractivity contribution in [3.8, 4) is 5.75 Å². The lowest BCUT2D eigenvalue weighted by atomic mass is 9.84. The number of halogens is 3. The molecule has 4 saturated heterocycles. The van der Waals surface area contributed by atoms with Crippen LogP contribution in [0.25, 0.3) is 16.6 Å². The van der Waals surface area contributed by atoms with Crippen LogP contribution in [0, 0.1) is 13.8 Å². The lowest BCUT2D eigenvalue weighted by molar-refractivity contribution is -0.120. The second-order valence-electron chi connectivity index (χ2n) is 17.3. The molecule has 0 saturated carbocycles. The fourth-order valence-electron chi connectivity index (χ4n) is 9.46. The van der Waals surface area contributed by atoms with Gasteiger partial charge < -0.3 is 41.6 Å². The van der Waals surface area contributed by atoms with Crippen molar-refractivity contribution in [1.29, 1.82) is 0 Å². The van der Waals surface area contributed by atoms with Gasteiger partial charge in [0.2, 0.25) is 5.91 Å². The Morgan fingerprint density at radius 1 is 0.891 bits per heavy atom. The van der Waals surface area contributed by atoms with Gasteiger partial charge in [-0.3, -0.25) is 19.8 Å². The average Bonchev–Trinajstić information content (AvgIpc) is 3.61. The number of piperidine rings is 3. The van der Waals surface area contributed by atoms with Crippen molar-refractivity contribution in [3.05, 3.63) is 112 Å². The Hall–Kier alpha value is -6.16. The largest absolute Gasteiger partial charge is 0.507 e. The van der Waals surface area contributed by atoms with Crippen molar-refractivity contribution >= 4 is 40.1 Å². The van der Waals surface area contributed by atoms with E-state index in [2.05, 4.69) is 34.0 Å². The molecule has 0 spiro atoms. The van der Waals surface area contributed by atoms with Crippen molar-refractivity contribution in [2.24, 2.45) is 17.2 Å². The van der Waals surface area contributed by atoms with Crippen molar-refractivity contribution in [2.45, 2.75) is 76.7 Å². The van der Waals surface area contributed by atoms with Crippen LogP contribution in [-0.4, -0.2) is 107 Å². The first-order valence-electron chi connectivity index (χ1n) is 22.2. The van der Waals surface area contributed by atoms with Crippen LogP contribution in [0.15, 0.2) is 84.5 Å². The second-order valence-corrected chi connectivity index (χ2v) is 17.3. The molecule has 3 aromatic carbocycles. The Labute approximate surface area is 372 Å². The van der Waals surface area contributed by atoms with Crippen LogP contribution < -0.4 is 27.4 Å². The van der Waals surface area contributed by atoms with Crippen LogP contribution in [0.3, 0.4) is 0 Å². The number of benzene rings is 3. The number of alkyl halides is 3. The zero-order valence-corrected chi connectivity index (χ0v) is 36.7. The van der Waals surface area contributed by atoms with Gasteiger partial charge >= 0.3 is 6.03 Å². The number of rotatable bonds is 9. The van der Waals surface area contributed by atoms with E-state index in [1.807, 2.05) is 17.0 Å². The molecule has 16 heteroatoms. The highest BCUT2D eigenvalue weighted by atomic mass is 19.3. The van der Waals surface area contributed by atoms with Crippen molar-refractivity contribution < 1.29 is 32.7 Å². The number of anilines is 1. The first-order valence-corrected chi connectivity index (χ1v) is 22.2. The van der Waals surface area contributed by atoms with E-state index in [0.29, 0.717) is 53.5 Å². The summed E-state index contributed by atoms with van der Waals surface area (Å²) in [6.07, 6.45) is 8.73. The van der Waals surface area contributed by atoms with Gasteiger partial charge in [0.25, 0.3) is 11.8 Å². The van der Waals surface area contributed by atoms with Crippen molar-refractivity contribution in [1.82, 2.24) is 24.6 Å². The molecule has 13 nitrogen and oxygen atoms in total. The summed E-state index contributed by atoms with van der Waals surface area (Å²) in [6.45, 7) is 7.80. The molecule has 64 heavy (non-hydrogen) atoms. The summed E-state index contributed by atoms with van der Waals surface area (Å²) >= 11 is 0. The maximum absolute atomic E-state index is 15.2. The molecule has 1 unspecified atom stereocenters. The van der Waals surface area contributed by atoms with Crippen LogP contribution in [0.1, 0.15) is 89.5 Å². The minimum Gasteiger partial charge on any atom is -0.507 e. The van der Waals surface area contributed by atoms with Crippen LogP contribution >= 0.6 is 0 Å². The zero-order chi connectivity index (χ0) is 45.7. The quantitative estimate of drug-likeness (QED) is 0.113. The lowest BCUT2D eigenvalue weighted by Gasteiger charge is -2.41. The molecule has 4 aliphatic heterocycles. The first-order chi connectivity index (χ1) is 30.6. The number of allylic oxidation sites excluding steroid dienone is 1. The number of aromatic hydroxyl groups is 1. The highest BCUT2D eigenvalue weighted by Crippen LogP contribution is 2.43. The number of fused-ring (bicyclic) bond motifs is 1. The van der Waals surface area contributed by atoms with Crippen LogP contribution in [-0.2, 0) is 4.79 Å². The third-order valence-electron chi connectivity index (χ3n) is 13.0. The van der Waals surface area contributed by atoms with Gasteiger partial charge in [-0.25, -0.2) is 18.0 Å². The molecule has 4 amide bonds. The lowest BCUT2D eigenvalue weighted by Crippen LogP contribution is -2.49. The molecule has 1 aromatic heterocycles. The molecule has 4 aliphatic rings. The topological polar surface area (TPSA) is 179 Å². The Kier molecular flexibility index (Phi) is 14.1. The predicted molar refractivity (Wildman–Crippen MR) is 243 cm³/mol. The van der Waals surface area contributed by atoms with Gasteiger partial charge in [-0.05, 0) is 111 Å². The number of phenols is 1. The normalized spacial score (nSPS) is 19.9. The number of phenolic OH excluding ortho intramolecular Hbond substituents is 1. The number of imide groups is 1. The number of carbonyl (C=O) groups is 3. The fourth-order valence-corrected chi connectivity index (χ4v) is 9.46. The number of aryl methyl sites for hydroxylation is 2. The monoisotopic (exact) mass is 883 g/mol. The van der Waals surface area contributed by atoms with Gasteiger partial charge in [-0.15, -0.1) is 0 Å². The molecule has 0 radical (unpaired) electrons. The van der Waals surface area contributed by atoms with E-state index >= 15 is 8.78 Å². The van der Waals surface area contributed by atoms with Crippen LogP contribution in [0.2, 0.25) is 0 Å². The summed E-state index contributed by atoms with van der Waals surface area (Å²) in [5.74, 6) is -4.43. The van der Waals surface area contributed by atoms with Gasteiger partial charge in [0, 0.05) is 111 Å². The number of hydrogen-bond acceptors (Lipinski definition) is 9. The number of carbonyl (C=O) groups excluding carboxylic acids is 3. The van der Waals surface area contributed by atoms with Gasteiger partial charge in [0.1, 0.15) is 18.2 Å². The Morgan fingerprint density at radius 2 is 1.62 bits per heavy atom. The standard InChI is InChI=1S/C28H35F2N5O2.C20H25FN4O2/c1-18-15-19(27(37)34-12-5-2-6-13-34)9-10-20(18)22-17-35(14-11-28(22,29)30)24(26(32)33)16-23(31)21-7-3-4-8-25(21)36;1-14-13-25(15-4-8-23(9-5-15)11-7-21)18-3-2-16(12-17(14)18)24-10-6-19(26)22-20(24)27/h3-4,7-10,15-16,22,36H,2,5-6,11-14,17,31-33H2,1H3;2-3,12-13,15H,4-11H2,1H3,(H,22,26,27)/b23-16-;. The molecule has 0 aliphatic carbocycles. The number of para-hydroxylation sites is 1. The number of likely N-dealkylation sites (tertiary alicyclic amines) is 3. The third kappa shape index (κ3) is 10.1. The van der Waals surface area contributed by atoms with E-state index in [1.165, 1.54) is 17.7 Å². The van der Waals surface area contributed by atoms with Crippen molar-refractivity contribution in [2.75, 3.05) is 63.9 Å². The van der Waals surface area contributed by atoms with E-state index in [9.17, 15) is 23.9 Å². The van der Waals surface area contributed by atoms with E-state index in [4.69, 9.17) is 17.2 Å². The van der Waals surface area contributed by atoms with Gasteiger partial charge in [-0.2, -0.15) is 0 Å². The molecular weight excluding hydrogens is 824 g/mol. The van der Waals surface area contributed by atoms with E-state index in [-0.39, 0.29) is 54.9 Å². The minimum absolute atomic E-state index is 0.0101. The summed E-state index contributed by atoms with van der Waals surface area (Å²) < 4.78 is 45.4. The molecular formula is C48H60F3N9O4.